The molecule has 5 saturated carbocycles. The minimum absolute atomic E-state index is 0.0370. The van der Waals surface area contributed by atoms with Crippen molar-refractivity contribution in [1.29, 1.82) is 0 Å². The number of carbonyl (C=O) groups excluding carboxylic acids is 1. The summed E-state index contributed by atoms with van der Waals surface area (Å²) in [6.45, 7) is 18.9. The summed E-state index contributed by atoms with van der Waals surface area (Å²) >= 11 is 0. The first-order valence-electron chi connectivity index (χ1n) is 17.4. The van der Waals surface area contributed by atoms with Crippen molar-refractivity contribution in [2.24, 2.45) is 56.7 Å². The first-order valence-corrected chi connectivity index (χ1v) is 17.4. The van der Waals surface area contributed by atoms with E-state index in [1.807, 2.05) is 0 Å². The highest BCUT2D eigenvalue weighted by Gasteiger charge is 2.71. The maximum Gasteiger partial charge on any atom is 0.331 e. The molecule has 4 N–H and O–H groups in total. The van der Waals surface area contributed by atoms with Gasteiger partial charge in [0.05, 0.1) is 6.10 Å². The summed E-state index contributed by atoms with van der Waals surface area (Å²) in [7, 11) is 0. The number of phenols is 2. The molecule has 0 amide bonds. The molecular weight excluding hydrogens is 564 g/mol. The second-order valence-electron chi connectivity index (χ2n) is 17.2. The number of ether oxygens (including phenoxy) is 1. The number of aromatic hydroxyl groups is 2. The fraction of sp³-hybridized carbons (Fsp3) is 0.718. The van der Waals surface area contributed by atoms with Crippen LogP contribution in [0.5, 0.6) is 11.5 Å². The van der Waals surface area contributed by atoms with Crippen LogP contribution in [0.15, 0.2) is 36.4 Å². The van der Waals surface area contributed by atoms with Crippen molar-refractivity contribution >= 4 is 12.0 Å². The van der Waals surface area contributed by atoms with Gasteiger partial charge in [-0.3, -0.25) is 0 Å². The van der Waals surface area contributed by atoms with E-state index >= 15 is 0 Å². The highest BCUT2D eigenvalue weighted by molar-refractivity contribution is 5.87. The lowest BCUT2D eigenvalue weighted by Gasteiger charge is -2.73. The van der Waals surface area contributed by atoms with E-state index in [4.69, 9.17) is 4.74 Å². The van der Waals surface area contributed by atoms with Gasteiger partial charge in [-0.05, 0) is 140 Å². The fourth-order valence-corrected chi connectivity index (χ4v) is 12.9. The van der Waals surface area contributed by atoms with Crippen molar-refractivity contribution in [3.05, 3.63) is 42.0 Å². The number of aliphatic hydroxyl groups excluding tert-OH is 2. The molecular formula is C39H56O6. The zero-order valence-electron chi connectivity index (χ0n) is 28.3. The number of benzene rings is 1. The summed E-state index contributed by atoms with van der Waals surface area (Å²) in [4.78, 5) is 13.0. The molecule has 0 spiro atoms. The van der Waals surface area contributed by atoms with Crippen LogP contribution < -0.4 is 0 Å². The van der Waals surface area contributed by atoms with Crippen molar-refractivity contribution in [3.8, 4) is 11.5 Å². The first kappa shape index (κ1) is 32.6. The lowest BCUT2D eigenvalue weighted by Crippen LogP contribution is -2.68. The summed E-state index contributed by atoms with van der Waals surface area (Å²) in [6, 6.07) is 4.38. The minimum atomic E-state index is -0.764. The monoisotopic (exact) mass is 620 g/mol. The van der Waals surface area contributed by atoms with Crippen molar-refractivity contribution in [1.82, 2.24) is 0 Å². The van der Waals surface area contributed by atoms with Crippen LogP contribution in [-0.4, -0.2) is 45.2 Å². The zero-order chi connectivity index (χ0) is 32.7. The van der Waals surface area contributed by atoms with E-state index in [9.17, 15) is 25.2 Å². The van der Waals surface area contributed by atoms with E-state index in [0.717, 1.165) is 44.9 Å². The summed E-state index contributed by atoms with van der Waals surface area (Å²) < 4.78 is 6.04. The maximum absolute atomic E-state index is 13.0. The van der Waals surface area contributed by atoms with E-state index in [-0.39, 0.29) is 33.2 Å². The molecule has 0 aliphatic heterocycles. The molecule has 0 heterocycles. The molecule has 1 aromatic rings. The molecule has 5 aliphatic carbocycles. The summed E-state index contributed by atoms with van der Waals surface area (Å²) in [6.07, 6.45) is 11.1. The molecule has 45 heavy (non-hydrogen) atoms. The molecule has 5 aliphatic rings. The molecule has 0 saturated heterocycles. The summed E-state index contributed by atoms with van der Waals surface area (Å²) in [5.74, 6) is 1.34. The Balaban J connectivity index is 1.25. The van der Waals surface area contributed by atoms with Crippen molar-refractivity contribution in [3.63, 3.8) is 0 Å². The Morgan fingerprint density at radius 3 is 2.36 bits per heavy atom. The second-order valence-corrected chi connectivity index (χ2v) is 17.2. The van der Waals surface area contributed by atoms with Crippen LogP contribution in [-0.2, 0) is 9.53 Å². The van der Waals surface area contributed by atoms with E-state index < -0.39 is 23.6 Å². The van der Waals surface area contributed by atoms with E-state index in [1.54, 1.807) is 12.1 Å². The van der Waals surface area contributed by atoms with Crippen LogP contribution in [0.1, 0.15) is 105 Å². The summed E-state index contributed by atoms with van der Waals surface area (Å²) in [5.41, 5.74) is 1.69. The van der Waals surface area contributed by atoms with E-state index in [2.05, 4.69) is 48.1 Å². The number of esters is 1. The normalized spacial score (nSPS) is 45.2. The molecule has 0 radical (unpaired) electrons. The second kappa shape index (κ2) is 10.9. The molecule has 11 atom stereocenters. The van der Waals surface area contributed by atoms with Gasteiger partial charge < -0.3 is 25.2 Å². The quantitative estimate of drug-likeness (QED) is 0.117. The Morgan fingerprint density at radius 2 is 1.69 bits per heavy atom. The molecule has 6 nitrogen and oxygen atoms in total. The Kier molecular flexibility index (Phi) is 7.88. The standard InChI is InChI=1S/C39H56O6/c1-23(2)25-14-17-39(22-40)19-18-37(6)26(33(25)39)10-12-31-36(5)21-29(43)34(35(3,4)30(36)15-16-38(31,37)7)45-32(44)13-9-24-8-11-27(41)28(42)20-24/h8-9,11,13,20,25-26,29-31,33-34,40-43H,1,10,12,14-19,21-22H2,2-7H3/b13-9+/t25-,26+,29+,30-,31+,33+,34-,36-,37+,38+,39+/m0/s1. The van der Waals surface area contributed by atoms with Gasteiger partial charge in [0, 0.05) is 18.1 Å². The molecule has 6 heteroatoms. The molecule has 248 valence electrons. The molecule has 5 fully saturated rings. The van der Waals surface area contributed by atoms with Gasteiger partial charge in [0.25, 0.3) is 0 Å². The molecule has 1 aromatic carbocycles. The third kappa shape index (κ3) is 4.66. The van der Waals surface area contributed by atoms with Gasteiger partial charge in [-0.25, -0.2) is 4.79 Å². The van der Waals surface area contributed by atoms with Gasteiger partial charge in [0.2, 0.25) is 0 Å². The lowest BCUT2D eigenvalue weighted by atomic mass is 9.32. The zero-order valence-corrected chi connectivity index (χ0v) is 28.3. The van der Waals surface area contributed by atoms with Crippen LogP contribution in [0.3, 0.4) is 0 Å². The third-order valence-electron chi connectivity index (χ3n) is 15.1. The van der Waals surface area contributed by atoms with Gasteiger partial charge >= 0.3 is 5.97 Å². The van der Waals surface area contributed by atoms with Crippen LogP contribution in [0.4, 0.5) is 0 Å². The van der Waals surface area contributed by atoms with Gasteiger partial charge in [-0.2, -0.15) is 0 Å². The third-order valence-corrected chi connectivity index (χ3v) is 15.1. The Morgan fingerprint density at radius 1 is 0.956 bits per heavy atom. The van der Waals surface area contributed by atoms with Gasteiger partial charge in [0.1, 0.15) is 6.10 Å². The first-order chi connectivity index (χ1) is 21.0. The van der Waals surface area contributed by atoms with Gasteiger partial charge in [-0.1, -0.05) is 52.8 Å². The van der Waals surface area contributed by atoms with Crippen molar-refractivity contribution in [2.75, 3.05) is 6.61 Å². The number of phenolic OH excluding ortho intramolecular Hbond substituents is 2. The fourth-order valence-electron chi connectivity index (χ4n) is 12.9. The topological polar surface area (TPSA) is 107 Å². The largest absolute Gasteiger partial charge is 0.504 e. The predicted molar refractivity (Wildman–Crippen MR) is 176 cm³/mol. The average molecular weight is 621 g/mol. The Labute approximate surface area is 270 Å². The summed E-state index contributed by atoms with van der Waals surface area (Å²) in [5, 5.41) is 41.9. The number of rotatable bonds is 5. The number of aliphatic hydroxyl groups is 2. The lowest BCUT2D eigenvalue weighted by molar-refractivity contribution is -0.266. The van der Waals surface area contributed by atoms with Crippen molar-refractivity contribution < 1.29 is 30.0 Å². The average Bonchev–Trinajstić information content (AvgIpc) is 3.36. The Hall–Kier alpha value is -2.31. The molecule has 6 rings (SSSR count). The molecule has 0 unspecified atom stereocenters. The van der Waals surface area contributed by atoms with Gasteiger partial charge in [0.15, 0.2) is 11.5 Å². The highest BCUT2D eigenvalue weighted by Crippen LogP contribution is 2.77. The van der Waals surface area contributed by atoms with Crippen LogP contribution in [0.25, 0.3) is 6.08 Å². The van der Waals surface area contributed by atoms with Crippen LogP contribution in [0, 0.1) is 56.7 Å². The number of carbonyl (C=O) groups is 1. The predicted octanol–water partition coefficient (Wildman–Crippen LogP) is 7.64. The van der Waals surface area contributed by atoms with Crippen LogP contribution in [0.2, 0.25) is 0 Å². The molecule has 0 bridgehead atoms. The highest BCUT2D eigenvalue weighted by atomic mass is 16.6. The number of hydrogen-bond acceptors (Lipinski definition) is 6. The number of allylic oxidation sites excluding steroid dienone is 1. The van der Waals surface area contributed by atoms with Gasteiger partial charge in [-0.15, -0.1) is 0 Å². The Bertz CT molecular complexity index is 1380. The maximum atomic E-state index is 13.0. The van der Waals surface area contributed by atoms with E-state index in [0.29, 0.717) is 48.2 Å². The SMILES string of the molecule is C=C(C)[C@@H]1CC[C@]2(CO)CC[C@]3(C)[C@H](CC[C@@H]4[C@@]5(C)C[C@@H](O)[C@H](OC(=O)/C=C/c6ccc(O)c(O)c6)C(C)(C)[C@@H]5CC[C@]43C)[C@@H]12. The number of fused-ring (bicyclic) bond motifs is 7. The van der Waals surface area contributed by atoms with E-state index in [1.165, 1.54) is 30.2 Å². The number of hydrogen-bond donors (Lipinski definition) is 4. The minimum Gasteiger partial charge on any atom is -0.504 e. The van der Waals surface area contributed by atoms with Crippen molar-refractivity contribution in [2.45, 2.75) is 112 Å². The molecule has 0 aromatic heterocycles. The smallest absolute Gasteiger partial charge is 0.331 e. The van der Waals surface area contributed by atoms with Crippen LogP contribution >= 0.6 is 0 Å².